The molecule has 1 aliphatic carbocycles. The number of nitrogens with zero attached hydrogens (tertiary/aromatic N) is 2. The molecule has 0 aliphatic heterocycles. The van der Waals surface area contributed by atoms with Gasteiger partial charge in [-0.25, -0.2) is 4.39 Å². The second-order valence-corrected chi connectivity index (χ2v) is 4.70. The average molecular weight is 268 g/mol. The highest BCUT2D eigenvalue weighted by Crippen LogP contribution is 2.26. The summed E-state index contributed by atoms with van der Waals surface area (Å²) in [6.45, 7) is 0.552. The summed E-state index contributed by atoms with van der Waals surface area (Å²) in [4.78, 5) is 4.22. The smallest absolute Gasteiger partial charge is 0.240 e. The van der Waals surface area contributed by atoms with Crippen molar-refractivity contribution in [3.05, 3.63) is 34.9 Å². The monoisotopic (exact) mass is 267 g/mol. The van der Waals surface area contributed by atoms with Gasteiger partial charge in [-0.2, -0.15) is 4.98 Å². The zero-order chi connectivity index (χ0) is 12.5. The Hall–Kier alpha value is -1.46. The van der Waals surface area contributed by atoms with Gasteiger partial charge in [0.25, 0.3) is 0 Å². The highest BCUT2D eigenvalue weighted by Gasteiger charge is 2.21. The molecule has 1 saturated carbocycles. The molecular formula is C12H11ClFN3O. The van der Waals surface area contributed by atoms with Crippen LogP contribution in [0.2, 0.25) is 5.02 Å². The molecule has 0 saturated heterocycles. The fourth-order valence-corrected chi connectivity index (χ4v) is 1.88. The van der Waals surface area contributed by atoms with Crippen molar-refractivity contribution < 1.29 is 8.91 Å². The number of halogens is 2. The quantitative estimate of drug-likeness (QED) is 0.925. The Labute approximate surface area is 108 Å². The first kappa shape index (κ1) is 11.6. The van der Waals surface area contributed by atoms with Crippen molar-refractivity contribution in [1.82, 2.24) is 15.5 Å². The van der Waals surface area contributed by atoms with E-state index >= 15 is 0 Å². The molecule has 1 aromatic heterocycles. The minimum atomic E-state index is -0.386. The van der Waals surface area contributed by atoms with Gasteiger partial charge >= 0.3 is 0 Å². The maximum Gasteiger partial charge on any atom is 0.240 e. The molecule has 1 heterocycles. The van der Waals surface area contributed by atoms with Crippen molar-refractivity contribution >= 4 is 11.6 Å². The van der Waals surface area contributed by atoms with Crippen molar-refractivity contribution in [2.24, 2.45) is 0 Å². The third-order valence-corrected chi connectivity index (χ3v) is 3.07. The second-order valence-electron chi connectivity index (χ2n) is 4.29. The topological polar surface area (TPSA) is 51.0 Å². The first-order valence-corrected chi connectivity index (χ1v) is 6.11. The molecule has 94 valence electrons. The summed E-state index contributed by atoms with van der Waals surface area (Å²) in [7, 11) is 0. The lowest BCUT2D eigenvalue weighted by atomic mass is 10.2. The van der Waals surface area contributed by atoms with Crippen molar-refractivity contribution in [2.75, 3.05) is 0 Å². The first-order valence-electron chi connectivity index (χ1n) is 5.74. The van der Waals surface area contributed by atoms with Crippen LogP contribution in [0.1, 0.15) is 18.7 Å². The summed E-state index contributed by atoms with van der Waals surface area (Å²) >= 11 is 5.93. The van der Waals surface area contributed by atoms with Crippen LogP contribution in [-0.4, -0.2) is 16.2 Å². The summed E-state index contributed by atoms with van der Waals surface area (Å²) in [5, 5.41) is 7.39. The zero-order valence-electron chi connectivity index (χ0n) is 9.49. The van der Waals surface area contributed by atoms with Gasteiger partial charge < -0.3 is 9.84 Å². The standard InChI is InChI=1S/C12H11ClFN3O/c13-10-5-7(14)1-4-9(10)12-16-11(18-17-12)6-15-8-2-3-8/h1,4-5,8,15H,2-3,6H2. The molecule has 1 aliphatic rings. The predicted molar refractivity (Wildman–Crippen MR) is 64.6 cm³/mol. The number of hydrogen-bond acceptors (Lipinski definition) is 4. The number of hydrogen-bond donors (Lipinski definition) is 1. The molecule has 1 fully saturated rings. The van der Waals surface area contributed by atoms with Crippen LogP contribution in [0.5, 0.6) is 0 Å². The Morgan fingerprint density at radius 2 is 2.28 bits per heavy atom. The van der Waals surface area contributed by atoms with E-state index in [-0.39, 0.29) is 10.8 Å². The lowest BCUT2D eigenvalue weighted by Gasteiger charge is -1.98. The molecule has 3 rings (SSSR count). The normalized spacial score (nSPS) is 15.0. The number of nitrogens with one attached hydrogen (secondary N) is 1. The van der Waals surface area contributed by atoms with E-state index in [2.05, 4.69) is 15.5 Å². The van der Waals surface area contributed by atoms with E-state index in [1.807, 2.05) is 0 Å². The van der Waals surface area contributed by atoms with Gasteiger partial charge in [0.15, 0.2) is 0 Å². The molecule has 0 amide bonds. The van der Waals surface area contributed by atoms with E-state index in [1.54, 1.807) is 6.07 Å². The van der Waals surface area contributed by atoms with E-state index in [0.29, 0.717) is 29.9 Å². The van der Waals surface area contributed by atoms with Gasteiger partial charge in [0.05, 0.1) is 11.6 Å². The summed E-state index contributed by atoms with van der Waals surface area (Å²) in [6, 6.07) is 4.67. The third kappa shape index (κ3) is 2.52. The summed E-state index contributed by atoms with van der Waals surface area (Å²) < 4.78 is 18.0. The molecule has 6 heteroatoms. The van der Waals surface area contributed by atoms with Gasteiger partial charge in [0.1, 0.15) is 5.82 Å². The van der Waals surface area contributed by atoms with Crippen LogP contribution >= 0.6 is 11.6 Å². The minimum absolute atomic E-state index is 0.275. The first-order chi connectivity index (χ1) is 8.72. The van der Waals surface area contributed by atoms with Crippen molar-refractivity contribution in [1.29, 1.82) is 0 Å². The van der Waals surface area contributed by atoms with Crippen molar-refractivity contribution in [2.45, 2.75) is 25.4 Å². The Kier molecular flexibility index (Phi) is 3.01. The van der Waals surface area contributed by atoms with Gasteiger partial charge in [-0.3, -0.25) is 0 Å². The van der Waals surface area contributed by atoms with Crippen molar-refractivity contribution in [3.8, 4) is 11.4 Å². The SMILES string of the molecule is Fc1ccc(-c2noc(CNC3CC3)n2)c(Cl)c1. The van der Waals surface area contributed by atoms with Gasteiger partial charge in [0, 0.05) is 11.6 Å². The zero-order valence-corrected chi connectivity index (χ0v) is 10.2. The van der Waals surface area contributed by atoms with Gasteiger partial charge in [0.2, 0.25) is 11.7 Å². The molecule has 0 bridgehead atoms. The Morgan fingerprint density at radius 3 is 3.00 bits per heavy atom. The van der Waals surface area contributed by atoms with Crippen LogP contribution in [0.25, 0.3) is 11.4 Å². The van der Waals surface area contributed by atoms with Crippen LogP contribution < -0.4 is 5.32 Å². The maximum atomic E-state index is 12.9. The highest BCUT2D eigenvalue weighted by molar-refractivity contribution is 6.33. The van der Waals surface area contributed by atoms with E-state index in [9.17, 15) is 4.39 Å². The van der Waals surface area contributed by atoms with E-state index < -0.39 is 0 Å². The summed E-state index contributed by atoms with van der Waals surface area (Å²) in [6.07, 6.45) is 2.40. The third-order valence-electron chi connectivity index (χ3n) is 2.76. The Balaban J connectivity index is 1.78. The predicted octanol–water partition coefficient (Wildman–Crippen LogP) is 2.78. The van der Waals surface area contributed by atoms with Crippen molar-refractivity contribution in [3.63, 3.8) is 0 Å². The average Bonchev–Trinajstić information content (AvgIpc) is 3.05. The van der Waals surface area contributed by atoms with Crippen LogP contribution in [0.4, 0.5) is 4.39 Å². The molecule has 0 atom stereocenters. The fourth-order valence-electron chi connectivity index (χ4n) is 1.63. The highest BCUT2D eigenvalue weighted by atomic mass is 35.5. The van der Waals surface area contributed by atoms with E-state index in [4.69, 9.17) is 16.1 Å². The van der Waals surface area contributed by atoms with E-state index in [0.717, 1.165) is 0 Å². The molecule has 2 aromatic rings. The van der Waals surface area contributed by atoms with Crippen LogP contribution in [0, 0.1) is 5.82 Å². The van der Waals surface area contributed by atoms with E-state index in [1.165, 1.54) is 25.0 Å². The van der Waals surface area contributed by atoms with Gasteiger partial charge in [-0.05, 0) is 31.0 Å². The molecule has 1 N–H and O–H groups in total. The second kappa shape index (κ2) is 4.66. The van der Waals surface area contributed by atoms with Gasteiger partial charge in [-0.15, -0.1) is 0 Å². The molecule has 4 nitrogen and oxygen atoms in total. The maximum absolute atomic E-state index is 12.9. The fraction of sp³-hybridized carbons (Fsp3) is 0.333. The minimum Gasteiger partial charge on any atom is -0.338 e. The lowest BCUT2D eigenvalue weighted by Crippen LogP contribution is -2.15. The molecule has 0 unspecified atom stereocenters. The molecule has 1 aromatic carbocycles. The molecular weight excluding hydrogens is 257 g/mol. The number of rotatable bonds is 4. The molecule has 18 heavy (non-hydrogen) atoms. The van der Waals surface area contributed by atoms with Crippen LogP contribution in [-0.2, 0) is 6.54 Å². The Bertz CT molecular complexity index is 568. The summed E-state index contributed by atoms with van der Waals surface area (Å²) in [5.74, 6) is 0.507. The van der Waals surface area contributed by atoms with Gasteiger partial charge in [-0.1, -0.05) is 16.8 Å². The number of benzene rings is 1. The van der Waals surface area contributed by atoms with Crippen LogP contribution in [0.3, 0.4) is 0 Å². The summed E-state index contributed by atoms with van der Waals surface area (Å²) in [5.41, 5.74) is 0.569. The lowest BCUT2D eigenvalue weighted by molar-refractivity contribution is 0.367. The van der Waals surface area contributed by atoms with Crippen LogP contribution in [0.15, 0.2) is 22.7 Å². The molecule has 0 radical (unpaired) electrons. The molecule has 0 spiro atoms. The largest absolute Gasteiger partial charge is 0.338 e. The Morgan fingerprint density at radius 1 is 1.44 bits per heavy atom. The number of aromatic nitrogens is 2.